The van der Waals surface area contributed by atoms with Gasteiger partial charge in [-0.25, -0.2) is 0 Å². The largest absolute Gasteiger partial charge is 0.465 e. The molecule has 0 radical (unpaired) electrons. The van der Waals surface area contributed by atoms with E-state index in [-0.39, 0.29) is 13.2 Å². The lowest BCUT2D eigenvalue weighted by molar-refractivity contribution is -0.157. The number of carbonyl (C=O) groups excluding carboxylic acids is 2. The van der Waals surface area contributed by atoms with E-state index in [0.717, 1.165) is 5.56 Å². The molecule has 0 bridgehead atoms. The van der Waals surface area contributed by atoms with Crippen LogP contribution in [0.4, 0.5) is 0 Å². The van der Waals surface area contributed by atoms with E-state index in [1.165, 1.54) is 6.21 Å². The zero-order valence-electron chi connectivity index (χ0n) is 12.2. The van der Waals surface area contributed by atoms with Crippen molar-refractivity contribution in [2.24, 2.45) is 11.0 Å². The number of nitrogens with zero attached hydrogens (tertiary/aromatic N) is 1. The predicted octanol–water partition coefficient (Wildman–Crippen LogP) is 1.50. The molecular formula is C15H20N2O4. The normalized spacial score (nSPS) is 10.6. The fraction of sp³-hybridized carbons (Fsp3) is 0.400. The molecular weight excluding hydrogens is 272 g/mol. The third-order valence-electron chi connectivity index (χ3n) is 2.52. The summed E-state index contributed by atoms with van der Waals surface area (Å²) in [5.41, 5.74) is 3.82. The minimum atomic E-state index is -1.15. The Bertz CT molecular complexity index is 456. The Morgan fingerprint density at radius 1 is 1.14 bits per heavy atom. The van der Waals surface area contributed by atoms with Crippen molar-refractivity contribution in [2.45, 2.75) is 20.4 Å². The van der Waals surface area contributed by atoms with Crippen LogP contribution in [-0.2, 0) is 25.6 Å². The van der Waals surface area contributed by atoms with Crippen molar-refractivity contribution < 1.29 is 19.1 Å². The fourth-order valence-electron chi connectivity index (χ4n) is 1.54. The first kappa shape index (κ1) is 16.7. The number of nitrogens with one attached hydrogen (secondary N) is 1. The molecule has 0 saturated carbocycles. The van der Waals surface area contributed by atoms with Crippen molar-refractivity contribution in [3.63, 3.8) is 0 Å². The van der Waals surface area contributed by atoms with E-state index in [1.807, 2.05) is 30.3 Å². The van der Waals surface area contributed by atoms with Crippen LogP contribution in [0.2, 0.25) is 0 Å². The van der Waals surface area contributed by atoms with Crippen molar-refractivity contribution in [3.05, 3.63) is 35.9 Å². The minimum absolute atomic E-state index is 0.194. The molecule has 114 valence electrons. The SMILES string of the molecule is CCOC(=O)C(/C=N\NCc1ccccc1)C(=O)OCC. The first-order valence-electron chi connectivity index (χ1n) is 6.82. The smallest absolute Gasteiger partial charge is 0.325 e. The number of hydrogen-bond donors (Lipinski definition) is 1. The number of rotatable bonds is 8. The van der Waals surface area contributed by atoms with Crippen LogP contribution < -0.4 is 5.43 Å². The van der Waals surface area contributed by atoms with Crippen LogP contribution in [0.3, 0.4) is 0 Å². The summed E-state index contributed by atoms with van der Waals surface area (Å²) in [4.78, 5) is 23.4. The van der Waals surface area contributed by atoms with Crippen LogP contribution in [0.1, 0.15) is 19.4 Å². The summed E-state index contributed by atoms with van der Waals surface area (Å²) < 4.78 is 9.66. The fourth-order valence-corrected chi connectivity index (χ4v) is 1.54. The van der Waals surface area contributed by atoms with Crippen LogP contribution >= 0.6 is 0 Å². The van der Waals surface area contributed by atoms with E-state index in [4.69, 9.17) is 9.47 Å². The van der Waals surface area contributed by atoms with E-state index < -0.39 is 17.9 Å². The Hall–Kier alpha value is -2.37. The summed E-state index contributed by atoms with van der Waals surface area (Å²) in [5.74, 6) is -2.48. The number of carbonyl (C=O) groups is 2. The third-order valence-corrected chi connectivity index (χ3v) is 2.52. The van der Waals surface area contributed by atoms with Crippen LogP contribution in [0.25, 0.3) is 0 Å². The lowest BCUT2D eigenvalue weighted by atomic mass is 10.2. The molecule has 6 heteroatoms. The second-order valence-corrected chi connectivity index (χ2v) is 4.08. The third kappa shape index (κ3) is 6.07. The van der Waals surface area contributed by atoms with Crippen molar-refractivity contribution >= 4 is 18.2 Å². The van der Waals surface area contributed by atoms with E-state index in [0.29, 0.717) is 6.54 Å². The van der Waals surface area contributed by atoms with Gasteiger partial charge in [0.05, 0.1) is 19.8 Å². The Labute approximate surface area is 124 Å². The monoisotopic (exact) mass is 292 g/mol. The quantitative estimate of drug-likeness (QED) is 0.340. The van der Waals surface area contributed by atoms with Gasteiger partial charge in [0.1, 0.15) is 0 Å². The van der Waals surface area contributed by atoms with Crippen molar-refractivity contribution in [1.29, 1.82) is 0 Å². The average Bonchev–Trinajstić information content (AvgIpc) is 2.48. The Morgan fingerprint density at radius 3 is 2.24 bits per heavy atom. The van der Waals surface area contributed by atoms with Crippen molar-refractivity contribution in [1.82, 2.24) is 5.43 Å². The van der Waals surface area contributed by atoms with Gasteiger partial charge in [-0.3, -0.25) is 9.59 Å². The van der Waals surface area contributed by atoms with Crippen molar-refractivity contribution in [3.8, 4) is 0 Å². The summed E-state index contributed by atoms with van der Waals surface area (Å²) in [6.45, 7) is 4.23. The Balaban J connectivity index is 2.56. The number of esters is 2. The topological polar surface area (TPSA) is 77.0 Å². The molecule has 1 aromatic carbocycles. The second-order valence-electron chi connectivity index (χ2n) is 4.08. The van der Waals surface area contributed by atoms with Crippen LogP contribution in [0.15, 0.2) is 35.4 Å². The summed E-state index contributed by atoms with van der Waals surface area (Å²) in [7, 11) is 0. The average molecular weight is 292 g/mol. The maximum Gasteiger partial charge on any atom is 0.325 e. The highest BCUT2D eigenvalue weighted by Gasteiger charge is 2.27. The molecule has 0 heterocycles. The summed E-state index contributed by atoms with van der Waals surface area (Å²) >= 11 is 0. The predicted molar refractivity (Wildman–Crippen MR) is 78.5 cm³/mol. The van der Waals surface area contributed by atoms with E-state index in [1.54, 1.807) is 13.8 Å². The maximum atomic E-state index is 11.7. The first-order chi connectivity index (χ1) is 10.2. The summed E-state index contributed by atoms with van der Waals surface area (Å²) in [6.07, 6.45) is 1.21. The zero-order valence-corrected chi connectivity index (χ0v) is 12.2. The molecule has 0 aliphatic heterocycles. The zero-order chi connectivity index (χ0) is 15.5. The second kappa shape index (κ2) is 9.52. The maximum absolute atomic E-state index is 11.7. The summed E-state index contributed by atoms with van der Waals surface area (Å²) in [5, 5.41) is 3.90. The molecule has 0 aliphatic rings. The molecule has 0 aromatic heterocycles. The number of benzene rings is 1. The molecule has 0 amide bonds. The van der Waals surface area contributed by atoms with E-state index in [9.17, 15) is 9.59 Å². The van der Waals surface area contributed by atoms with E-state index in [2.05, 4.69) is 10.5 Å². The van der Waals surface area contributed by atoms with Gasteiger partial charge in [-0.05, 0) is 19.4 Å². The standard InChI is InChI=1S/C15H20N2O4/c1-3-20-14(18)13(15(19)21-4-2)11-17-16-10-12-8-6-5-7-9-12/h5-9,11,13,16H,3-4,10H2,1-2H3/b17-11-. The molecule has 0 fully saturated rings. The van der Waals surface area contributed by atoms with Gasteiger partial charge < -0.3 is 14.9 Å². The molecule has 0 saturated heterocycles. The van der Waals surface area contributed by atoms with Crippen molar-refractivity contribution in [2.75, 3.05) is 13.2 Å². The van der Waals surface area contributed by atoms with Gasteiger partial charge in [0.2, 0.25) is 0 Å². The Kier molecular flexibility index (Phi) is 7.56. The van der Waals surface area contributed by atoms with Gasteiger partial charge in [0.25, 0.3) is 0 Å². The van der Waals surface area contributed by atoms with Crippen LogP contribution in [-0.4, -0.2) is 31.4 Å². The summed E-state index contributed by atoms with van der Waals surface area (Å²) in [6, 6.07) is 9.64. The highest BCUT2D eigenvalue weighted by Crippen LogP contribution is 2.02. The molecule has 1 rings (SSSR count). The first-order valence-corrected chi connectivity index (χ1v) is 6.82. The molecule has 21 heavy (non-hydrogen) atoms. The molecule has 0 unspecified atom stereocenters. The van der Waals surface area contributed by atoms with Gasteiger partial charge in [-0.2, -0.15) is 5.10 Å². The van der Waals surface area contributed by atoms with Gasteiger partial charge in [-0.1, -0.05) is 30.3 Å². The molecule has 1 aromatic rings. The number of hydrogen-bond acceptors (Lipinski definition) is 6. The van der Waals surface area contributed by atoms with Gasteiger partial charge >= 0.3 is 11.9 Å². The molecule has 0 aliphatic carbocycles. The minimum Gasteiger partial charge on any atom is -0.465 e. The molecule has 0 atom stereocenters. The van der Waals surface area contributed by atoms with Crippen LogP contribution in [0, 0.1) is 5.92 Å². The van der Waals surface area contributed by atoms with Gasteiger partial charge in [0, 0.05) is 6.21 Å². The molecule has 1 N–H and O–H groups in total. The lowest BCUT2D eigenvalue weighted by Crippen LogP contribution is -2.30. The van der Waals surface area contributed by atoms with Gasteiger partial charge in [0.15, 0.2) is 5.92 Å². The number of ether oxygens (including phenoxy) is 2. The number of hydrazone groups is 1. The molecule has 0 spiro atoms. The van der Waals surface area contributed by atoms with E-state index >= 15 is 0 Å². The lowest BCUT2D eigenvalue weighted by Gasteiger charge is -2.10. The van der Waals surface area contributed by atoms with Crippen LogP contribution in [0.5, 0.6) is 0 Å². The molecule has 6 nitrogen and oxygen atoms in total. The Morgan fingerprint density at radius 2 is 1.71 bits per heavy atom. The highest BCUT2D eigenvalue weighted by molar-refractivity contribution is 6.09. The highest BCUT2D eigenvalue weighted by atomic mass is 16.6. The van der Waals surface area contributed by atoms with Gasteiger partial charge in [-0.15, -0.1) is 0 Å².